The molecule has 4 aromatic rings. The highest BCUT2D eigenvalue weighted by molar-refractivity contribution is 7.92. The van der Waals surface area contributed by atoms with Crippen LogP contribution in [0.3, 0.4) is 0 Å². The summed E-state index contributed by atoms with van der Waals surface area (Å²) in [4.78, 5) is 13.2. The molecule has 3 aromatic heterocycles. The Morgan fingerprint density at radius 3 is 2.47 bits per heavy atom. The minimum Gasteiger partial charge on any atom is -0.383 e. The summed E-state index contributed by atoms with van der Waals surface area (Å²) >= 11 is 0. The lowest BCUT2D eigenvalue weighted by molar-refractivity contribution is 0.587. The fourth-order valence-corrected chi connectivity index (χ4v) is 4.09. The van der Waals surface area contributed by atoms with Crippen molar-refractivity contribution in [3.63, 3.8) is 0 Å². The highest BCUT2D eigenvalue weighted by Crippen LogP contribution is 2.24. The van der Waals surface area contributed by atoms with Gasteiger partial charge in [-0.2, -0.15) is 0 Å². The molecule has 0 saturated carbocycles. The molecule has 0 aliphatic carbocycles. The summed E-state index contributed by atoms with van der Waals surface area (Å²) in [5.74, 6) is 7.05. The standard InChI is InChI=1S/C24H21N5O2S/c1-16(2)32(30,31)20-8-6-19(7-9-20)29-23-14-21-18(15-28-23)11-13-26-22(21)10-5-17-4-3-12-27-24(17)25/h3-4,6-9,11-16H,1-2H3,(H2,25,27)(H,28,29). The lowest BCUT2D eigenvalue weighted by Crippen LogP contribution is -2.13. The van der Waals surface area contributed by atoms with E-state index in [1.54, 1.807) is 68.8 Å². The quantitative estimate of drug-likeness (QED) is 0.460. The predicted molar refractivity (Wildman–Crippen MR) is 126 cm³/mol. The molecule has 0 unspecified atom stereocenters. The maximum absolute atomic E-state index is 12.3. The molecular weight excluding hydrogens is 422 g/mol. The number of nitrogens with two attached hydrogens (primary N) is 1. The first-order chi connectivity index (χ1) is 15.3. The molecular formula is C24H21N5O2S. The molecule has 3 N–H and O–H groups in total. The number of pyridine rings is 3. The Balaban J connectivity index is 1.64. The zero-order chi connectivity index (χ0) is 22.7. The van der Waals surface area contributed by atoms with Crippen LogP contribution < -0.4 is 11.1 Å². The second-order valence-electron chi connectivity index (χ2n) is 7.38. The summed E-state index contributed by atoms with van der Waals surface area (Å²) in [5.41, 5.74) is 7.82. The maximum Gasteiger partial charge on any atom is 0.180 e. The molecule has 160 valence electrons. The second-order valence-corrected chi connectivity index (χ2v) is 9.88. The van der Waals surface area contributed by atoms with Gasteiger partial charge < -0.3 is 11.1 Å². The van der Waals surface area contributed by atoms with Gasteiger partial charge in [-0.3, -0.25) is 0 Å². The molecule has 0 bridgehead atoms. The summed E-state index contributed by atoms with van der Waals surface area (Å²) < 4.78 is 24.6. The van der Waals surface area contributed by atoms with Crippen molar-refractivity contribution in [3.8, 4) is 11.8 Å². The third-order valence-corrected chi connectivity index (χ3v) is 7.05. The third-order valence-electron chi connectivity index (χ3n) is 4.88. The number of fused-ring (bicyclic) bond motifs is 1. The van der Waals surface area contributed by atoms with Gasteiger partial charge >= 0.3 is 0 Å². The minimum atomic E-state index is -3.31. The number of nitrogen functional groups attached to an aromatic ring is 1. The van der Waals surface area contributed by atoms with Crippen molar-refractivity contribution in [2.45, 2.75) is 24.0 Å². The summed E-state index contributed by atoms with van der Waals surface area (Å²) in [6.07, 6.45) is 5.03. The molecule has 3 heterocycles. The van der Waals surface area contributed by atoms with Gasteiger partial charge in [0.05, 0.1) is 15.7 Å². The van der Waals surface area contributed by atoms with Gasteiger partial charge in [-0.25, -0.2) is 23.4 Å². The van der Waals surface area contributed by atoms with Crippen LogP contribution in [0.15, 0.2) is 72.0 Å². The SMILES string of the molecule is CC(C)S(=O)(=O)c1ccc(Nc2cc3c(C#Cc4cccnc4N)nccc3cn2)cc1. The van der Waals surface area contributed by atoms with Gasteiger partial charge in [-0.05, 0) is 68.3 Å². The minimum absolute atomic E-state index is 0.293. The highest BCUT2D eigenvalue weighted by Gasteiger charge is 2.18. The summed E-state index contributed by atoms with van der Waals surface area (Å²) in [6.45, 7) is 3.33. The fourth-order valence-electron chi connectivity index (χ4n) is 3.03. The van der Waals surface area contributed by atoms with E-state index in [-0.39, 0.29) is 0 Å². The number of nitrogens with zero attached hydrogens (tertiary/aromatic N) is 3. The van der Waals surface area contributed by atoms with Crippen LogP contribution in [-0.4, -0.2) is 28.6 Å². The summed E-state index contributed by atoms with van der Waals surface area (Å²) in [5, 5.41) is 4.46. The van der Waals surface area contributed by atoms with Crippen LogP contribution in [0.25, 0.3) is 10.8 Å². The molecule has 0 aliphatic heterocycles. The van der Waals surface area contributed by atoms with Crippen LogP contribution in [0.2, 0.25) is 0 Å². The van der Waals surface area contributed by atoms with E-state index in [1.807, 2.05) is 12.1 Å². The zero-order valence-corrected chi connectivity index (χ0v) is 18.4. The maximum atomic E-state index is 12.3. The van der Waals surface area contributed by atoms with Crippen LogP contribution >= 0.6 is 0 Å². The molecule has 1 aromatic carbocycles. The highest BCUT2D eigenvalue weighted by atomic mass is 32.2. The third kappa shape index (κ3) is 4.38. The Morgan fingerprint density at radius 2 is 1.75 bits per heavy atom. The Bertz CT molecular complexity index is 1450. The Morgan fingerprint density at radius 1 is 0.969 bits per heavy atom. The van der Waals surface area contributed by atoms with Crippen LogP contribution in [0, 0.1) is 11.8 Å². The van der Waals surface area contributed by atoms with Gasteiger partial charge in [0.25, 0.3) is 0 Å². The molecule has 4 rings (SSSR count). The van der Waals surface area contributed by atoms with Crippen LogP contribution in [0.5, 0.6) is 0 Å². The van der Waals surface area contributed by atoms with Crippen molar-refractivity contribution in [2.75, 3.05) is 11.1 Å². The largest absolute Gasteiger partial charge is 0.383 e. The number of hydrogen-bond acceptors (Lipinski definition) is 7. The molecule has 8 heteroatoms. The number of sulfone groups is 1. The molecule has 0 fully saturated rings. The normalized spacial score (nSPS) is 11.2. The Labute approximate surface area is 186 Å². The average molecular weight is 444 g/mol. The summed E-state index contributed by atoms with van der Waals surface area (Å²) in [6, 6.07) is 13.9. The average Bonchev–Trinajstić information content (AvgIpc) is 2.79. The van der Waals surface area contributed by atoms with Gasteiger partial charge in [-0.15, -0.1) is 0 Å². The van der Waals surface area contributed by atoms with Crippen molar-refractivity contribution in [1.29, 1.82) is 0 Å². The fraction of sp³-hybridized carbons (Fsp3) is 0.125. The van der Waals surface area contributed by atoms with Crippen molar-refractivity contribution in [2.24, 2.45) is 0 Å². The molecule has 0 spiro atoms. The van der Waals surface area contributed by atoms with Gasteiger partial charge in [0.2, 0.25) is 0 Å². The van der Waals surface area contributed by atoms with Gasteiger partial charge in [0, 0.05) is 35.1 Å². The molecule has 0 aliphatic rings. The lowest BCUT2D eigenvalue weighted by atomic mass is 10.1. The van der Waals surface area contributed by atoms with Gasteiger partial charge in [-0.1, -0.05) is 5.92 Å². The first-order valence-electron chi connectivity index (χ1n) is 9.93. The van der Waals surface area contributed by atoms with E-state index < -0.39 is 15.1 Å². The van der Waals surface area contributed by atoms with Crippen LogP contribution in [-0.2, 0) is 9.84 Å². The summed E-state index contributed by atoms with van der Waals surface area (Å²) in [7, 11) is -3.31. The number of benzene rings is 1. The molecule has 7 nitrogen and oxygen atoms in total. The molecule has 0 saturated heterocycles. The van der Waals surface area contributed by atoms with E-state index in [1.165, 1.54) is 0 Å². The van der Waals surface area contributed by atoms with Crippen LogP contribution in [0.4, 0.5) is 17.3 Å². The molecule has 0 atom stereocenters. The topological polar surface area (TPSA) is 111 Å². The van der Waals surface area contributed by atoms with Gasteiger partial charge in [0.15, 0.2) is 9.84 Å². The van der Waals surface area contributed by atoms with Crippen molar-refractivity contribution >= 4 is 37.9 Å². The van der Waals surface area contributed by atoms with E-state index >= 15 is 0 Å². The Hall–Kier alpha value is -3.96. The monoisotopic (exact) mass is 443 g/mol. The van der Waals surface area contributed by atoms with Gasteiger partial charge in [0.1, 0.15) is 17.3 Å². The number of anilines is 3. The number of nitrogens with one attached hydrogen (secondary N) is 1. The van der Waals surface area contributed by atoms with Crippen molar-refractivity contribution < 1.29 is 8.42 Å². The predicted octanol–water partition coefficient (Wildman–Crippen LogP) is 3.93. The first kappa shape index (κ1) is 21.3. The van der Waals surface area contributed by atoms with E-state index in [0.717, 1.165) is 16.5 Å². The number of hydrogen-bond donors (Lipinski definition) is 2. The number of aromatic nitrogens is 3. The zero-order valence-electron chi connectivity index (χ0n) is 17.6. The Kier molecular flexibility index (Phi) is 5.75. The van der Waals surface area contributed by atoms with E-state index in [4.69, 9.17) is 5.73 Å². The van der Waals surface area contributed by atoms with Crippen molar-refractivity contribution in [1.82, 2.24) is 15.0 Å². The molecule has 0 amide bonds. The first-order valence-corrected chi connectivity index (χ1v) is 11.5. The van der Waals surface area contributed by atoms with E-state index in [9.17, 15) is 8.42 Å². The molecule has 32 heavy (non-hydrogen) atoms. The molecule has 0 radical (unpaired) electrons. The van der Waals surface area contributed by atoms with Crippen molar-refractivity contribution in [3.05, 3.63) is 78.4 Å². The second kappa shape index (κ2) is 8.65. The lowest BCUT2D eigenvalue weighted by Gasteiger charge is -2.10. The smallest absolute Gasteiger partial charge is 0.180 e. The number of rotatable bonds is 4. The van der Waals surface area contributed by atoms with E-state index in [0.29, 0.717) is 27.8 Å². The van der Waals surface area contributed by atoms with E-state index in [2.05, 4.69) is 32.1 Å². The van der Waals surface area contributed by atoms with Crippen LogP contribution in [0.1, 0.15) is 25.1 Å².